The fourth-order valence-corrected chi connectivity index (χ4v) is 17.9. The van der Waals surface area contributed by atoms with Crippen LogP contribution in [0.5, 0.6) is 0 Å². The molecule has 0 aliphatic carbocycles. The highest BCUT2D eigenvalue weighted by Crippen LogP contribution is 2.43. The van der Waals surface area contributed by atoms with Crippen LogP contribution >= 0.6 is 0 Å². The number of nitrogens with one attached hydrogen (secondary N) is 2. The summed E-state index contributed by atoms with van der Waals surface area (Å²) < 4.78 is 136. The average Bonchev–Trinajstić information content (AvgIpc) is 0.764. The van der Waals surface area contributed by atoms with Crippen molar-refractivity contribution in [1.29, 1.82) is 0 Å². The van der Waals surface area contributed by atoms with Crippen LogP contribution in [0.15, 0.2) is 0 Å². The summed E-state index contributed by atoms with van der Waals surface area (Å²) in [6.45, 7) is -12.4. The van der Waals surface area contributed by atoms with E-state index in [-0.39, 0.29) is 0 Å². The molecule has 38 N–H and O–H groups in total. The molecule has 12 fully saturated rings. The molecular weight excluding hydrogens is 1920 g/mol. The minimum atomic E-state index is -2.75. The Balaban J connectivity index is 0.905. The van der Waals surface area contributed by atoms with Crippen molar-refractivity contribution in [3.63, 3.8) is 0 Å². The van der Waals surface area contributed by atoms with E-state index in [0.717, 1.165) is 13.8 Å². The number of amides is 2. The summed E-state index contributed by atoms with van der Waals surface area (Å²) in [7, 11) is 0. The minimum Gasteiger partial charge on any atom is -0.394 e. The zero-order chi connectivity index (χ0) is 102. The summed E-state index contributed by atoms with van der Waals surface area (Å²) >= 11 is 0. The molecule has 63 nitrogen and oxygen atoms in total. The Hall–Kier alpha value is -3.42. The van der Waals surface area contributed by atoms with Crippen molar-refractivity contribution in [2.24, 2.45) is 0 Å². The number of hydrogen-bond acceptors (Lipinski definition) is 61. The zero-order valence-corrected chi connectivity index (χ0v) is 73.4. The van der Waals surface area contributed by atoms with Gasteiger partial charge in [-0.15, -0.1) is 0 Å². The maximum atomic E-state index is 13.2. The van der Waals surface area contributed by atoms with Crippen LogP contribution in [0.1, 0.15) is 13.8 Å². The van der Waals surface area contributed by atoms with Gasteiger partial charge in [-0.2, -0.15) is 0 Å². The molecular formula is C76H128N2O61. The molecule has 12 aliphatic heterocycles. The Morgan fingerprint density at radius 3 is 0.734 bits per heavy atom. The van der Waals surface area contributed by atoms with E-state index in [0.29, 0.717) is 0 Å². The molecule has 12 saturated heterocycles. The van der Waals surface area contributed by atoms with E-state index in [4.69, 9.17) is 109 Å². The molecule has 2 amide bonds. The van der Waals surface area contributed by atoms with E-state index in [1.54, 1.807) is 0 Å². The average molecular weight is 2050 g/mol. The van der Waals surface area contributed by atoms with Gasteiger partial charge in [0.15, 0.2) is 75.5 Å². The lowest BCUT2D eigenvalue weighted by Gasteiger charge is -2.51. The molecule has 0 radical (unpaired) electrons. The quantitative estimate of drug-likeness (QED) is 0.0277. The SMILES string of the molecule is CC(=O)N[C@@H]1[C@@H](O)[C@H](O[C@@H]2O[C@H](CO)[C@@H](O[C@@H]3O[C@H](CO[C@H]4O[C@H](CO[C@H]5O[C@H](CO)[C@@H](O)[C@H](O)[C@@H]5O[C@H]5O[C@H](CO)[C@@H](O)[C@H](O)[C@@H]5O)[C@@H](O)[C@H](O[C@H]5O[C@H](CO)[C@@H](O)[C@H](O)[C@@H]5O[C@H]5O[C@H](CO)[C@@H](O)[C@H](O)[C@@H]5O)[C@@H]4O)[C@@H](O)[C@H](O[C@H]4O[C@H](CO)[C@@H](O)[C@H](O)[C@@H]4O[C@H]4O[C@H](CO)[C@@H](O)[C@H](O)[C@@H]4O[C@H]4O[C@H](CO)[C@@H](O)[C@H](OC5O[C@H](CO)[C@@H](O)[C@H](O)[C@H]5O)[C@@H]4O)[C@@H]3O)[C@H](O)[C@H]2NC(C)=O)[C@@H](CO)O[C@H]1O. The molecule has 63 heteroatoms. The van der Waals surface area contributed by atoms with Gasteiger partial charge in [0, 0.05) is 13.8 Å². The first-order valence-electron chi connectivity index (χ1n) is 44.2. The van der Waals surface area contributed by atoms with E-state index in [1.165, 1.54) is 0 Å². The highest BCUT2D eigenvalue weighted by molar-refractivity contribution is 5.73. The molecule has 1 unspecified atom stereocenters. The molecule has 0 aromatic rings. The van der Waals surface area contributed by atoms with Crippen molar-refractivity contribution >= 4 is 11.8 Å². The summed E-state index contributed by atoms with van der Waals surface area (Å²) in [6, 6.07) is -3.77. The minimum absolute atomic E-state index is 0.840. The molecule has 0 aromatic heterocycles. The van der Waals surface area contributed by atoms with Crippen molar-refractivity contribution in [1.82, 2.24) is 10.6 Å². The number of ether oxygens (including phenoxy) is 23. The fourth-order valence-electron chi connectivity index (χ4n) is 17.9. The summed E-state index contributed by atoms with van der Waals surface area (Å²) in [5.74, 6) is -1.86. The van der Waals surface area contributed by atoms with Crippen molar-refractivity contribution in [2.45, 2.75) is 382 Å². The van der Waals surface area contributed by atoms with E-state index in [9.17, 15) is 193 Å². The lowest BCUT2D eigenvalue weighted by molar-refractivity contribution is -0.411. The monoisotopic (exact) mass is 2040 g/mol. The van der Waals surface area contributed by atoms with Gasteiger partial charge in [-0.1, -0.05) is 0 Å². The number of hydrogen-bond donors (Lipinski definition) is 38. The second kappa shape index (κ2) is 49.8. The van der Waals surface area contributed by atoms with E-state index < -0.39 is 459 Å². The maximum Gasteiger partial charge on any atom is 0.217 e. The lowest BCUT2D eigenvalue weighted by atomic mass is 9.94. The molecule has 60 atom stereocenters. The Labute approximate surface area is 784 Å². The summed E-state index contributed by atoms with van der Waals surface area (Å²) in [5.41, 5.74) is 0. The van der Waals surface area contributed by atoms with Crippen LogP contribution in [-0.4, -0.2) is 643 Å². The van der Waals surface area contributed by atoms with Crippen LogP contribution in [0.2, 0.25) is 0 Å². The summed E-state index contributed by atoms with van der Waals surface area (Å²) in [6.07, 6.45) is -130. The first-order chi connectivity index (χ1) is 65.9. The first-order valence-corrected chi connectivity index (χ1v) is 44.2. The second-order valence-electron chi connectivity index (χ2n) is 35.2. The van der Waals surface area contributed by atoms with Gasteiger partial charge in [0.25, 0.3) is 0 Å². The van der Waals surface area contributed by atoms with Gasteiger partial charge in [-0.25, -0.2) is 0 Å². The molecule has 12 rings (SSSR count). The van der Waals surface area contributed by atoms with Gasteiger partial charge in [0.05, 0.1) is 79.3 Å². The van der Waals surface area contributed by atoms with Crippen LogP contribution in [-0.2, 0) is 119 Å². The Morgan fingerprint density at radius 2 is 0.396 bits per heavy atom. The number of rotatable bonds is 36. The van der Waals surface area contributed by atoms with Gasteiger partial charge in [0.1, 0.15) is 293 Å². The largest absolute Gasteiger partial charge is 0.394 e. The van der Waals surface area contributed by atoms with Crippen LogP contribution in [0.25, 0.3) is 0 Å². The van der Waals surface area contributed by atoms with E-state index in [1.807, 2.05) is 0 Å². The topological polar surface area (TPSA) is 999 Å². The molecule has 0 spiro atoms. The Kier molecular flexibility index (Phi) is 41.0. The maximum absolute atomic E-state index is 13.2. The number of carbonyl (C=O) groups excluding carboxylic acids is 2. The first kappa shape index (κ1) is 114. The highest BCUT2D eigenvalue weighted by Gasteiger charge is 2.63. The molecule has 12 aliphatic rings. The van der Waals surface area contributed by atoms with Gasteiger partial charge >= 0.3 is 0 Å². The predicted octanol–water partition coefficient (Wildman–Crippen LogP) is -26.9. The standard InChI is InChI=1S/C76H128N2O61/c1-15(89)77-29-41(101)56(25(11-87)119-65(29)116)131-66-30(78-16(2)90)42(102)57(26(12-88)128-66)132-72-55(115)60(135-75-64(49(109)37(97)22(8-84)126-75)139-76-63(48(108)36(96)23(9-85)127-76)138-71-54(114)58(38(98)24(10-86)123-71)133-68-50(110)43(103)31(91)17(3-79)120-68)40(100)28(130-72)13-117-67-53(113)59(134-74-62(47(107)35(95)21(7-83)125-74)137-70-52(112)45(105)33(93)19(5-81)122-70)39(99)27(129-67)14-118-73-61(46(106)34(94)20(6-82)124-73)136-69-51(111)44(104)32(92)18(4-80)121-69/h17-76,79-88,91-116H,3-14H2,1-2H3,(H,77,89)(H,78,90)/t17-,18-,19-,20-,21-,22-,23-,24-,25-,26-,27-,28-,29-,30-,31-,32-,33-,34-,35-,36-,37-,38-,39-,40-,41-,42-,43+,44+,45+,46+,47+,48+,49+,50-,51+,52+,53+,54+,55+,56-,57-,58+,59+,60+,61+,62+,63+,64+,65-,66+,67+,68?,69-,70-,71-,72+,73+,74-,75-,76-/m1/s1. The molecule has 0 aromatic carbocycles. The highest BCUT2D eigenvalue weighted by atomic mass is 16.8. The molecule has 139 heavy (non-hydrogen) atoms. The van der Waals surface area contributed by atoms with Crippen LogP contribution < -0.4 is 10.6 Å². The number of aliphatic hydroxyl groups excluding tert-OH is 36. The fraction of sp³-hybridized carbons (Fsp3) is 0.974. The van der Waals surface area contributed by atoms with E-state index >= 15 is 0 Å². The van der Waals surface area contributed by atoms with Crippen LogP contribution in [0.4, 0.5) is 0 Å². The normalized spacial score (nSPS) is 51.9. The van der Waals surface area contributed by atoms with Gasteiger partial charge in [0.2, 0.25) is 11.8 Å². The molecule has 0 saturated carbocycles. The van der Waals surface area contributed by atoms with E-state index in [2.05, 4.69) is 10.6 Å². The zero-order valence-electron chi connectivity index (χ0n) is 73.4. The Bertz CT molecular complexity index is 3730. The third-order valence-electron chi connectivity index (χ3n) is 25.9. The summed E-state index contributed by atoms with van der Waals surface area (Å²) in [5, 5.41) is 408. The summed E-state index contributed by atoms with van der Waals surface area (Å²) in [4.78, 5) is 25.5. The lowest BCUT2D eigenvalue weighted by Crippen LogP contribution is -2.70. The molecule has 12 heterocycles. The number of carbonyl (C=O) groups is 2. The third-order valence-corrected chi connectivity index (χ3v) is 25.9. The Morgan fingerprint density at radius 1 is 0.187 bits per heavy atom. The second-order valence-corrected chi connectivity index (χ2v) is 35.2. The third kappa shape index (κ3) is 24.5. The van der Waals surface area contributed by atoms with Gasteiger partial charge in [-0.3, -0.25) is 9.59 Å². The van der Waals surface area contributed by atoms with Gasteiger partial charge < -0.3 is 303 Å². The van der Waals surface area contributed by atoms with Crippen molar-refractivity contribution < 1.29 is 302 Å². The van der Waals surface area contributed by atoms with Crippen molar-refractivity contribution in [3.8, 4) is 0 Å². The van der Waals surface area contributed by atoms with Crippen LogP contribution in [0.3, 0.4) is 0 Å². The van der Waals surface area contributed by atoms with Crippen LogP contribution in [0, 0.1) is 0 Å². The smallest absolute Gasteiger partial charge is 0.217 e. The van der Waals surface area contributed by atoms with Crippen molar-refractivity contribution in [2.75, 3.05) is 79.3 Å². The number of aliphatic hydroxyl groups is 36. The van der Waals surface area contributed by atoms with Gasteiger partial charge in [-0.05, 0) is 0 Å². The molecule has 0 bridgehead atoms. The van der Waals surface area contributed by atoms with Crippen molar-refractivity contribution in [3.05, 3.63) is 0 Å². The predicted molar refractivity (Wildman–Crippen MR) is 418 cm³/mol. The molecule has 808 valence electrons.